The largest absolute Gasteiger partial charge is 0.455 e. The molecule has 2 aromatic carbocycles. The van der Waals surface area contributed by atoms with Crippen LogP contribution < -0.4 is 10.7 Å². The van der Waals surface area contributed by atoms with Crippen LogP contribution in [0.4, 0.5) is 5.69 Å². The molecule has 8 nitrogen and oxygen atoms in total. The molecule has 0 bridgehead atoms. The summed E-state index contributed by atoms with van der Waals surface area (Å²) in [5.41, 5.74) is 4.17. The van der Waals surface area contributed by atoms with Crippen LogP contribution in [0, 0.1) is 12.8 Å². The van der Waals surface area contributed by atoms with E-state index >= 15 is 0 Å². The summed E-state index contributed by atoms with van der Waals surface area (Å²) in [6, 6.07) is 11.6. The number of benzene rings is 2. The summed E-state index contributed by atoms with van der Waals surface area (Å²) in [5, 5.41) is 4.02. The Bertz CT molecular complexity index is 1030. The molecular weight excluding hydrogens is 445 g/mol. The SMILES string of the molecule is Cc1ccc(C(=O)NN2C[C@H](C(=O)OCC(=O)Nc3cccc(Cl)c3Cl)CC2=O)cc1. The first-order valence-electron chi connectivity index (χ1n) is 9.33. The fraction of sp³-hybridized carbons (Fsp3) is 0.238. The molecule has 0 saturated carbocycles. The zero-order valence-corrected chi connectivity index (χ0v) is 18.0. The number of ether oxygens (including phenoxy) is 1. The van der Waals surface area contributed by atoms with Crippen LogP contribution in [0.15, 0.2) is 42.5 Å². The summed E-state index contributed by atoms with van der Waals surface area (Å²) in [4.78, 5) is 48.7. The average molecular weight is 464 g/mol. The summed E-state index contributed by atoms with van der Waals surface area (Å²) in [5.74, 6) is -3.00. The van der Waals surface area contributed by atoms with Crippen LogP contribution in [0.25, 0.3) is 0 Å². The lowest BCUT2D eigenvalue weighted by Gasteiger charge is -2.17. The van der Waals surface area contributed by atoms with Crippen LogP contribution in [0.1, 0.15) is 22.3 Å². The molecule has 0 radical (unpaired) electrons. The van der Waals surface area contributed by atoms with Crippen LogP contribution in [0.2, 0.25) is 10.0 Å². The van der Waals surface area contributed by atoms with Crippen LogP contribution in [-0.2, 0) is 19.1 Å². The number of nitrogens with zero attached hydrogens (tertiary/aromatic N) is 1. The molecule has 1 heterocycles. The normalized spacial score (nSPS) is 15.5. The number of carbonyl (C=O) groups excluding carboxylic acids is 4. The number of aryl methyl sites for hydroxylation is 1. The number of hydrogen-bond acceptors (Lipinski definition) is 5. The highest BCUT2D eigenvalue weighted by Crippen LogP contribution is 2.29. The highest BCUT2D eigenvalue weighted by molar-refractivity contribution is 6.44. The van der Waals surface area contributed by atoms with Gasteiger partial charge < -0.3 is 10.1 Å². The molecule has 3 amide bonds. The second-order valence-corrected chi connectivity index (χ2v) is 7.75. The minimum Gasteiger partial charge on any atom is -0.455 e. The van der Waals surface area contributed by atoms with E-state index in [4.69, 9.17) is 27.9 Å². The summed E-state index contributed by atoms with van der Waals surface area (Å²) in [7, 11) is 0. The van der Waals surface area contributed by atoms with Crippen LogP contribution in [0.5, 0.6) is 0 Å². The van der Waals surface area contributed by atoms with Crippen molar-refractivity contribution in [2.45, 2.75) is 13.3 Å². The quantitative estimate of drug-likeness (QED) is 0.640. The number of anilines is 1. The summed E-state index contributed by atoms with van der Waals surface area (Å²) >= 11 is 11.9. The van der Waals surface area contributed by atoms with Gasteiger partial charge in [-0.1, -0.05) is 47.0 Å². The number of esters is 1. The second kappa shape index (κ2) is 9.80. The van der Waals surface area contributed by atoms with Crippen molar-refractivity contribution in [2.75, 3.05) is 18.5 Å². The van der Waals surface area contributed by atoms with E-state index in [1.165, 1.54) is 0 Å². The van der Waals surface area contributed by atoms with Crippen LogP contribution in [0.3, 0.4) is 0 Å². The van der Waals surface area contributed by atoms with Gasteiger partial charge in [0.2, 0.25) is 5.91 Å². The molecule has 3 rings (SSSR count). The molecule has 1 saturated heterocycles. The van der Waals surface area contributed by atoms with Crippen molar-refractivity contribution in [3.8, 4) is 0 Å². The predicted octanol–water partition coefficient (Wildman–Crippen LogP) is 2.98. The summed E-state index contributed by atoms with van der Waals surface area (Å²) < 4.78 is 5.01. The van der Waals surface area contributed by atoms with Gasteiger partial charge in [-0.3, -0.25) is 29.6 Å². The lowest BCUT2D eigenvalue weighted by atomic mass is 10.1. The van der Waals surface area contributed by atoms with Gasteiger partial charge in [0.25, 0.3) is 11.8 Å². The molecule has 1 fully saturated rings. The maximum Gasteiger partial charge on any atom is 0.311 e. The Morgan fingerprint density at radius 1 is 1.13 bits per heavy atom. The number of hydrazine groups is 1. The van der Waals surface area contributed by atoms with Gasteiger partial charge in [-0.05, 0) is 31.2 Å². The second-order valence-electron chi connectivity index (χ2n) is 6.97. The van der Waals surface area contributed by atoms with Gasteiger partial charge in [0, 0.05) is 12.0 Å². The van der Waals surface area contributed by atoms with E-state index in [-0.39, 0.29) is 28.7 Å². The lowest BCUT2D eigenvalue weighted by Crippen LogP contribution is -2.43. The van der Waals surface area contributed by atoms with Crippen molar-refractivity contribution >= 4 is 52.6 Å². The van der Waals surface area contributed by atoms with Gasteiger partial charge in [-0.25, -0.2) is 0 Å². The number of halogens is 2. The van der Waals surface area contributed by atoms with Gasteiger partial charge in [-0.2, -0.15) is 0 Å². The summed E-state index contributed by atoms with van der Waals surface area (Å²) in [6.45, 7) is 1.30. The van der Waals surface area contributed by atoms with Crippen molar-refractivity contribution in [3.63, 3.8) is 0 Å². The number of nitrogens with one attached hydrogen (secondary N) is 2. The molecule has 1 atom stereocenters. The van der Waals surface area contributed by atoms with Crippen molar-refractivity contribution < 1.29 is 23.9 Å². The third-order valence-corrected chi connectivity index (χ3v) is 5.40. The Morgan fingerprint density at radius 3 is 2.55 bits per heavy atom. The van der Waals surface area contributed by atoms with Crippen molar-refractivity contribution in [2.24, 2.45) is 5.92 Å². The highest BCUT2D eigenvalue weighted by Gasteiger charge is 2.36. The van der Waals surface area contributed by atoms with Gasteiger partial charge in [-0.15, -0.1) is 0 Å². The van der Waals surface area contributed by atoms with E-state index in [2.05, 4.69) is 10.7 Å². The highest BCUT2D eigenvalue weighted by atomic mass is 35.5. The van der Waals surface area contributed by atoms with Gasteiger partial charge in [0.1, 0.15) is 0 Å². The standard InChI is InChI=1S/C21H19Cl2N3O5/c1-12-5-7-13(8-6-12)20(29)25-26-10-14(9-18(26)28)21(30)31-11-17(27)24-16-4-2-3-15(22)19(16)23/h2-8,14H,9-11H2,1H3,(H,24,27)(H,25,29)/t14-/m1/s1. The third kappa shape index (κ3) is 5.74. The molecule has 1 aliphatic heterocycles. The average Bonchev–Trinajstić information content (AvgIpc) is 3.10. The molecule has 2 N–H and O–H groups in total. The Morgan fingerprint density at radius 2 is 1.84 bits per heavy atom. The first kappa shape index (κ1) is 22.6. The number of amides is 3. The molecule has 0 aliphatic carbocycles. The fourth-order valence-corrected chi connectivity index (χ4v) is 3.25. The molecule has 2 aromatic rings. The molecule has 1 aliphatic rings. The molecule has 0 aromatic heterocycles. The van der Waals surface area contributed by atoms with Crippen molar-refractivity contribution in [1.82, 2.24) is 10.4 Å². The van der Waals surface area contributed by atoms with E-state index in [1.807, 2.05) is 6.92 Å². The Labute approximate surface area is 188 Å². The topological polar surface area (TPSA) is 105 Å². The van der Waals surface area contributed by atoms with Crippen molar-refractivity contribution in [3.05, 3.63) is 63.6 Å². The number of carbonyl (C=O) groups is 4. The van der Waals surface area contributed by atoms with Crippen LogP contribution in [-0.4, -0.2) is 41.9 Å². The van der Waals surface area contributed by atoms with E-state index in [0.717, 1.165) is 10.6 Å². The lowest BCUT2D eigenvalue weighted by molar-refractivity contribution is -0.151. The molecule has 162 valence electrons. The zero-order chi connectivity index (χ0) is 22.5. The van der Waals surface area contributed by atoms with Gasteiger partial charge >= 0.3 is 5.97 Å². The predicted molar refractivity (Wildman–Crippen MR) is 115 cm³/mol. The van der Waals surface area contributed by atoms with E-state index in [1.54, 1.807) is 42.5 Å². The zero-order valence-electron chi connectivity index (χ0n) is 16.5. The fourth-order valence-electron chi connectivity index (χ4n) is 2.91. The molecule has 0 spiro atoms. The number of rotatable bonds is 6. The van der Waals surface area contributed by atoms with E-state index in [9.17, 15) is 19.2 Å². The molecule has 10 heteroatoms. The van der Waals surface area contributed by atoms with Gasteiger partial charge in [0.15, 0.2) is 6.61 Å². The Hall–Kier alpha value is -3.10. The minimum atomic E-state index is -0.798. The molecule has 0 unspecified atom stereocenters. The monoisotopic (exact) mass is 463 g/mol. The first-order chi connectivity index (χ1) is 14.7. The maximum atomic E-state index is 12.3. The van der Waals surface area contributed by atoms with Gasteiger partial charge in [0.05, 0.1) is 28.2 Å². The minimum absolute atomic E-state index is 0.0446. The first-order valence-corrected chi connectivity index (χ1v) is 10.1. The maximum absolute atomic E-state index is 12.3. The summed E-state index contributed by atoms with van der Waals surface area (Å²) in [6.07, 6.45) is -0.130. The number of hydrogen-bond donors (Lipinski definition) is 2. The molecular formula is C21H19Cl2N3O5. The van der Waals surface area contributed by atoms with E-state index in [0.29, 0.717) is 5.56 Å². The van der Waals surface area contributed by atoms with Crippen LogP contribution >= 0.6 is 23.2 Å². The van der Waals surface area contributed by atoms with Crippen molar-refractivity contribution in [1.29, 1.82) is 0 Å². The molecule has 31 heavy (non-hydrogen) atoms. The Kier molecular flexibility index (Phi) is 7.14. The van der Waals surface area contributed by atoms with E-state index < -0.39 is 36.2 Å². The Balaban J connectivity index is 1.49. The smallest absolute Gasteiger partial charge is 0.311 e. The third-order valence-electron chi connectivity index (χ3n) is 4.58.